The first-order chi connectivity index (χ1) is 15.9. The van der Waals surface area contributed by atoms with E-state index >= 15 is 0 Å². The van der Waals surface area contributed by atoms with E-state index in [0.717, 1.165) is 47.6 Å². The number of unbranched alkanes of at least 4 members (excludes halogenated alkanes) is 1. The highest BCUT2D eigenvalue weighted by molar-refractivity contribution is 5.94. The predicted octanol–water partition coefficient (Wildman–Crippen LogP) is 4.42. The number of ether oxygens (including phenoxy) is 2. The molecule has 33 heavy (non-hydrogen) atoms. The monoisotopic (exact) mass is 452 g/mol. The maximum absolute atomic E-state index is 12.3. The van der Waals surface area contributed by atoms with Crippen LogP contribution in [0.4, 0.5) is 5.69 Å². The SMILES string of the molecule is CCCCc1nc2cc(NC(=O)CCC(=O)OCC)c(C)nc2n1Cc1cccc(OC)c1. The maximum atomic E-state index is 12.3. The summed E-state index contributed by atoms with van der Waals surface area (Å²) in [6, 6.07) is 9.83. The fourth-order valence-corrected chi connectivity index (χ4v) is 3.62. The van der Waals surface area contributed by atoms with Crippen molar-refractivity contribution in [1.29, 1.82) is 0 Å². The first kappa shape index (κ1) is 24.2. The third-order valence-electron chi connectivity index (χ3n) is 5.35. The summed E-state index contributed by atoms with van der Waals surface area (Å²) < 4.78 is 12.4. The van der Waals surface area contributed by atoms with Crippen LogP contribution in [-0.4, -0.2) is 40.1 Å². The summed E-state index contributed by atoms with van der Waals surface area (Å²) in [5.74, 6) is 1.14. The van der Waals surface area contributed by atoms with Crippen molar-refractivity contribution in [1.82, 2.24) is 14.5 Å². The first-order valence-corrected chi connectivity index (χ1v) is 11.4. The molecule has 0 spiro atoms. The molecule has 0 aliphatic carbocycles. The smallest absolute Gasteiger partial charge is 0.306 e. The highest BCUT2D eigenvalue weighted by Gasteiger charge is 2.16. The average Bonchev–Trinajstić information content (AvgIpc) is 3.12. The number of benzene rings is 1. The number of nitrogens with one attached hydrogen (secondary N) is 1. The van der Waals surface area contributed by atoms with Gasteiger partial charge in [-0.3, -0.25) is 9.59 Å². The van der Waals surface area contributed by atoms with Crippen LogP contribution >= 0.6 is 0 Å². The number of aryl methyl sites for hydroxylation is 2. The number of carbonyl (C=O) groups excluding carboxylic acids is 2. The van der Waals surface area contributed by atoms with Gasteiger partial charge in [-0.2, -0.15) is 0 Å². The summed E-state index contributed by atoms with van der Waals surface area (Å²) in [5.41, 5.74) is 3.91. The van der Waals surface area contributed by atoms with Crippen molar-refractivity contribution in [2.45, 2.75) is 59.4 Å². The van der Waals surface area contributed by atoms with Crippen LogP contribution in [0.15, 0.2) is 30.3 Å². The van der Waals surface area contributed by atoms with Gasteiger partial charge < -0.3 is 19.4 Å². The van der Waals surface area contributed by atoms with Gasteiger partial charge in [0.25, 0.3) is 0 Å². The van der Waals surface area contributed by atoms with Gasteiger partial charge in [0.15, 0.2) is 5.65 Å². The maximum Gasteiger partial charge on any atom is 0.306 e. The molecule has 1 amide bonds. The average molecular weight is 453 g/mol. The van der Waals surface area contributed by atoms with Crippen molar-refractivity contribution < 1.29 is 19.1 Å². The van der Waals surface area contributed by atoms with Crippen molar-refractivity contribution in [3.8, 4) is 5.75 Å². The van der Waals surface area contributed by atoms with Gasteiger partial charge in [-0.1, -0.05) is 25.5 Å². The number of hydrogen-bond donors (Lipinski definition) is 1. The molecule has 8 heteroatoms. The van der Waals surface area contributed by atoms with E-state index in [2.05, 4.69) is 22.9 Å². The zero-order valence-corrected chi connectivity index (χ0v) is 19.8. The van der Waals surface area contributed by atoms with Gasteiger partial charge >= 0.3 is 5.97 Å². The van der Waals surface area contributed by atoms with Crippen molar-refractivity contribution in [2.24, 2.45) is 0 Å². The molecule has 0 atom stereocenters. The number of amides is 1. The minimum absolute atomic E-state index is 0.0464. The van der Waals surface area contributed by atoms with Crippen LogP contribution in [0.5, 0.6) is 5.75 Å². The van der Waals surface area contributed by atoms with Gasteiger partial charge in [0.1, 0.15) is 17.1 Å². The van der Waals surface area contributed by atoms with Gasteiger partial charge in [0, 0.05) is 12.8 Å². The molecule has 1 aromatic carbocycles. The number of aromatic nitrogens is 3. The molecule has 0 bridgehead atoms. The second-order valence-electron chi connectivity index (χ2n) is 7.89. The van der Waals surface area contributed by atoms with Crippen LogP contribution in [0.1, 0.15) is 56.6 Å². The van der Waals surface area contributed by atoms with Crippen LogP contribution in [0.2, 0.25) is 0 Å². The number of nitrogens with zero attached hydrogens (tertiary/aromatic N) is 3. The number of hydrogen-bond acceptors (Lipinski definition) is 6. The zero-order valence-electron chi connectivity index (χ0n) is 19.8. The molecule has 176 valence electrons. The van der Waals surface area contributed by atoms with E-state index in [-0.39, 0.29) is 24.7 Å². The largest absolute Gasteiger partial charge is 0.497 e. The fraction of sp³-hybridized carbons (Fsp3) is 0.440. The number of methoxy groups -OCH3 is 1. The van der Waals surface area contributed by atoms with Crippen molar-refractivity contribution in [2.75, 3.05) is 19.0 Å². The number of fused-ring (bicyclic) bond motifs is 1. The Bertz CT molecular complexity index is 1120. The Morgan fingerprint density at radius 1 is 1.12 bits per heavy atom. The number of rotatable bonds is 11. The summed E-state index contributed by atoms with van der Waals surface area (Å²) in [4.78, 5) is 33.5. The summed E-state index contributed by atoms with van der Waals surface area (Å²) in [6.45, 7) is 6.68. The van der Waals surface area contributed by atoms with Crippen molar-refractivity contribution in [3.05, 3.63) is 47.4 Å². The van der Waals surface area contributed by atoms with E-state index in [1.54, 1.807) is 14.0 Å². The molecule has 3 rings (SSSR count). The number of esters is 1. The van der Waals surface area contributed by atoms with E-state index in [9.17, 15) is 9.59 Å². The van der Waals surface area contributed by atoms with E-state index in [1.807, 2.05) is 31.2 Å². The topological polar surface area (TPSA) is 95.3 Å². The molecule has 1 N–H and O–H groups in total. The van der Waals surface area contributed by atoms with E-state index in [1.165, 1.54) is 0 Å². The Hall–Kier alpha value is -3.42. The summed E-state index contributed by atoms with van der Waals surface area (Å²) >= 11 is 0. The molecule has 0 fully saturated rings. The Morgan fingerprint density at radius 2 is 1.94 bits per heavy atom. The molecule has 2 aromatic heterocycles. The number of anilines is 1. The predicted molar refractivity (Wildman–Crippen MR) is 127 cm³/mol. The number of pyridine rings is 1. The lowest BCUT2D eigenvalue weighted by Gasteiger charge is -2.11. The Kier molecular flexibility index (Phi) is 8.40. The third-order valence-corrected chi connectivity index (χ3v) is 5.35. The van der Waals surface area contributed by atoms with Gasteiger partial charge in [-0.05, 0) is 44.0 Å². The molecule has 0 radical (unpaired) electrons. The lowest BCUT2D eigenvalue weighted by molar-refractivity contribution is -0.144. The second kappa shape index (κ2) is 11.4. The van der Waals surface area contributed by atoms with Gasteiger partial charge in [-0.15, -0.1) is 0 Å². The van der Waals surface area contributed by atoms with Gasteiger partial charge in [0.2, 0.25) is 5.91 Å². The third kappa shape index (κ3) is 6.31. The zero-order chi connectivity index (χ0) is 23.8. The summed E-state index contributed by atoms with van der Waals surface area (Å²) in [5, 5.41) is 2.86. The quantitative estimate of drug-likeness (QED) is 0.433. The van der Waals surface area contributed by atoms with Crippen LogP contribution in [0.25, 0.3) is 11.2 Å². The molecule has 0 saturated heterocycles. The molecular formula is C25H32N4O4. The molecule has 3 aromatic rings. The molecule has 2 heterocycles. The van der Waals surface area contributed by atoms with Crippen LogP contribution in [0, 0.1) is 6.92 Å². The van der Waals surface area contributed by atoms with Crippen molar-refractivity contribution in [3.63, 3.8) is 0 Å². The lowest BCUT2D eigenvalue weighted by Crippen LogP contribution is -2.15. The van der Waals surface area contributed by atoms with Crippen molar-refractivity contribution >= 4 is 28.7 Å². The highest BCUT2D eigenvalue weighted by atomic mass is 16.5. The Labute approximate surface area is 194 Å². The van der Waals surface area contributed by atoms with Crippen LogP contribution in [0.3, 0.4) is 0 Å². The van der Waals surface area contributed by atoms with E-state index in [0.29, 0.717) is 24.5 Å². The normalized spacial score (nSPS) is 10.9. The highest BCUT2D eigenvalue weighted by Crippen LogP contribution is 2.24. The fourth-order valence-electron chi connectivity index (χ4n) is 3.62. The Balaban J connectivity index is 1.87. The van der Waals surface area contributed by atoms with E-state index < -0.39 is 0 Å². The number of carbonyl (C=O) groups is 2. The summed E-state index contributed by atoms with van der Waals surface area (Å²) in [6.07, 6.45) is 3.04. The van der Waals surface area contributed by atoms with E-state index in [4.69, 9.17) is 19.4 Å². The van der Waals surface area contributed by atoms with Crippen LogP contribution in [-0.2, 0) is 27.3 Å². The first-order valence-electron chi connectivity index (χ1n) is 11.4. The van der Waals surface area contributed by atoms with Gasteiger partial charge in [0.05, 0.1) is 38.1 Å². The standard InChI is InChI=1S/C25H32N4O4/c1-5-7-11-22-27-21-15-20(28-23(30)12-13-24(31)33-6-2)17(3)26-25(21)29(22)16-18-9-8-10-19(14-18)32-4/h8-10,14-15H,5-7,11-13,16H2,1-4H3,(H,28,30). The molecule has 8 nitrogen and oxygen atoms in total. The Morgan fingerprint density at radius 3 is 2.67 bits per heavy atom. The molecule has 0 aliphatic rings. The summed E-state index contributed by atoms with van der Waals surface area (Å²) in [7, 11) is 1.66. The molecule has 0 saturated carbocycles. The molecule has 0 aliphatic heterocycles. The van der Waals surface area contributed by atoms with Crippen LogP contribution < -0.4 is 10.1 Å². The second-order valence-corrected chi connectivity index (χ2v) is 7.89. The number of imidazole rings is 1. The lowest BCUT2D eigenvalue weighted by atomic mass is 10.2. The molecular weight excluding hydrogens is 420 g/mol. The van der Waals surface area contributed by atoms with Gasteiger partial charge in [-0.25, -0.2) is 9.97 Å². The minimum Gasteiger partial charge on any atom is -0.497 e. The minimum atomic E-state index is -0.380. The molecule has 0 unspecified atom stereocenters.